The summed E-state index contributed by atoms with van der Waals surface area (Å²) in [7, 11) is 0. The molecule has 0 aliphatic carbocycles. The van der Waals surface area contributed by atoms with Gasteiger partial charge in [-0.3, -0.25) is 4.79 Å². The maximum absolute atomic E-state index is 12.0. The largest absolute Gasteiger partial charge is 0.462 e. The maximum atomic E-state index is 12.0. The third-order valence-corrected chi connectivity index (χ3v) is 4.22. The summed E-state index contributed by atoms with van der Waals surface area (Å²) in [6.45, 7) is 0.180. The quantitative estimate of drug-likeness (QED) is 0.631. The number of hydrogen-bond donors (Lipinski definition) is 1. The van der Waals surface area contributed by atoms with Gasteiger partial charge in [0, 0.05) is 0 Å². The van der Waals surface area contributed by atoms with E-state index >= 15 is 0 Å². The van der Waals surface area contributed by atoms with Crippen LogP contribution in [0.2, 0.25) is 0 Å². The molecule has 1 N–H and O–H groups in total. The number of nitrogens with one attached hydrogen (secondary N) is 1. The Bertz CT molecular complexity index is 989. The zero-order valence-corrected chi connectivity index (χ0v) is 12.3. The minimum atomic E-state index is -0.159. The second-order valence-electron chi connectivity index (χ2n) is 4.77. The van der Waals surface area contributed by atoms with E-state index in [0.29, 0.717) is 21.9 Å². The molecule has 0 aliphatic rings. The Morgan fingerprint density at radius 3 is 2.64 bits per heavy atom. The van der Waals surface area contributed by atoms with Gasteiger partial charge in [0.1, 0.15) is 12.4 Å². The van der Waals surface area contributed by atoms with Crippen LogP contribution in [0.3, 0.4) is 0 Å². The first-order valence-electron chi connectivity index (χ1n) is 6.76. The van der Waals surface area contributed by atoms with Gasteiger partial charge in [-0.15, -0.1) is 0 Å². The monoisotopic (exact) mass is 309 g/mol. The number of para-hydroxylation sites is 2. The number of hydrogen-bond acceptors (Lipinski definition) is 5. The number of aromatic amines is 1. The van der Waals surface area contributed by atoms with Crippen molar-refractivity contribution >= 4 is 32.5 Å². The minimum Gasteiger partial charge on any atom is -0.462 e. The van der Waals surface area contributed by atoms with Gasteiger partial charge in [0.25, 0.3) is 10.8 Å². The molecule has 2 heterocycles. The highest BCUT2D eigenvalue weighted by molar-refractivity contribution is 7.20. The highest BCUT2D eigenvalue weighted by Crippen LogP contribution is 2.27. The van der Waals surface area contributed by atoms with E-state index in [1.54, 1.807) is 6.07 Å². The molecule has 2 aromatic carbocycles. The van der Waals surface area contributed by atoms with Crippen LogP contribution < -0.4 is 10.3 Å². The second-order valence-corrected chi connectivity index (χ2v) is 5.76. The van der Waals surface area contributed by atoms with Crippen molar-refractivity contribution < 1.29 is 4.74 Å². The molecular formula is C16H11N3O2S. The van der Waals surface area contributed by atoms with Gasteiger partial charge in [-0.2, -0.15) is 0 Å². The number of benzene rings is 2. The summed E-state index contributed by atoms with van der Waals surface area (Å²) >= 11 is 1.47. The number of ether oxygens (including phenoxy) is 1. The SMILES string of the molecule is O=c1[nH]c(COc2nc3ccccc3s2)nc2ccccc12. The summed E-state index contributed by atoms with van der Waals surface area (Å²) in [5.41, 5.74) is 1.41. The molecule has 0 amide bonds. The Hall–Kier alpha value is -2.73. The standard InChI is InChI=1S/C16H11N3O2S/c20-15-10-5-1-2-6-11(10)17-14(19-15)9-21-16-18-12-7-3-4-8-13(12)22-16/h1-8H,9H2,(H,17,19,20). The molecule has 0 radical (unpaired) electrons. The third-order valence-electron chi connectivity index (χ3n) is 3.27. The van der Waals surface area contributed by atoms with Crippen LogP contribution in [0.1, 0.15) is 5.82 Å². The molecule has 4 aromatic rings. The number of rotatable bonds is 3. The summed E-state index contributed by atoms with van der Waals surface area (Å²) < 4.78 is 6.72. The van der Waals surface area contributed by atoms with Gasteiger partial charge in [-0.05, 0) is 24.3 Å². The molecule has 0 saturated heterocycles. The van der Waals surface area contributed by atoms with E-state index in [-0.39, 0.29) is 12.2 Å². The van der Waals surface area contributed by atoms with Crippen molar-refractivity contribution in [2.45, 2.75) is 6.61 Å². The molecule has 0 unspecified atom stereocenters. The van der Waals surface area contributed by atoms with E-state index in [1.807, 2.05) is 42.5 Å². The lowest BCUT2D eigenvalue weighted by atomic mass is 10.2. The van der Waals surface area contributed by atoms with Crippen molar-refractivity contribution in [3.63, 3.8) is 0 Å². The summed E-state index contributed by atoms with van der Waals surface area (Å²) in [6.07, 6.45) is 0. The zero-order chi connectivity index (χ0) is 14.9. The molecule has 0 bridgehead atoms. The topological polar surface area (TPSA) is 67.9 Å². The van der Waals surface area contributed by atoms with Crippen LogP contribution in [0.25, 0.3) is 21.1 Å². The van der Waals surface area contributed by atoms with E-state index in [1.165, 1.54) is 11.3 Å². The zero-order valence-electron chi connectivity index (χ0n) is 11.4. The fourth-order valence-electron chi connectivity index (χ4n) is 2.25. The van der Waals surface area contributed by atoms with Crippen molar-refractivity contribution in [1.82, 2.24) is 15.0 Å². The third kappa shape index (κ3) is 2.33. The van der Waals surface area contributed by atoms with Crippen molar-refractivity contribution in [3.8, 4) is 5.19 Å². The van der Waals surface area contributed by atoms with Crippen molar-refractivity contribution in [2.24, 2.45) is 0 Å². The van der Waals surface area contributed by atoms with E-state index in [9.17, 15) is 4.79 Å². The number of nitrogens with zero attached hydrogens (tertiary/aromatic N) is 2. The molecule has 4 rings (SSSR count). The van der Waals surface area contributed by atoms with Gasteiger partial charge >= 0.3 is 0 Å². The Morgan fingerprint density at radius 1 is 1.00 bits per heavy atom. The van der Waals surface area contributed by atoms with Crippen LogP contribution in [0.5, 0.6) is 5.19 Å². The molecule has 2 aromatic heterocycles. The lowest BCUT2D eigenvalue weighted by molar-refractivity contribution is 0.295. The van der Waals surface area contributed by atoms with Crippen LogP contribution in [-0.4, -0.2) is 15.0 Å². The second kappa shape index (κ2) is 5.23. The van der Waals surface area contributed by atoms with E-state index in [4.69, 9.17) is 4.74 Å². The molecule has 108 valence electrons. The molecule has 0 fully saturated rings. The lowest BCUT2D eigenvalue weighted by Gasteiger charge is -2.03. The van der Waals surface area contributed by atoms with Crippen LogP contribution in [0.15, 0.2) is 53.3 Å². The Labute approximate surface area is 129 Å². The fraction of sp³-hybridized carbons (Fsp3) is 0.0625. The number of H-pyrrole nitrogens is 1. The summed E-state index contributed by atoms with van der Waals surface area (Å²) in [5, 5.41) is 1.14. The average molecular weight is 309 g/mol. The average Bonchev–Trinajstić information content (AvgIpc) is 2.96. The van der Waals surface area contributed by atoms with E-state index in [0.717, 1.165) is 10.2 Å². The van der Waals surface area contributed by atoms with Gasteiger partial charge < -0.3 is 9.72 Å². The van der Waals surface area contributed by atoms with Crippen LogP contribution in [0, 0.1) is 0 Å². The van der Waals surface area contributed by atoms with Crippen LogP contribution in [0.4, 0.5) is 0 Å². The fourth-order valence-corrected chi connectivity index (χ4v) is 3.06. The van der Waals surface area contributed by atoms with Gasteiger partial charge in [0.05, 0.1) is 21.1 Å². The van der Waals surface area contributed by atoms with Gasteiger partial charge in [-0.1, -0.05) is 35.6 Å². The molecule has 5 nitrogen and oxygen atoms in total. The number of aromatic nitrogens is 3. The predicted molar refractivity (Wildman–Crippen MR) is 86.3 cm³/mol. The van der Waals surface area contributed by atoms with Gasteiger partial charge in [0.15, 0.2) is 0 Å². The first-order valence-corrected chi connectivity index (χ1v) is 7.57. The molecule has 22 heavy (non-hydrogen) atoms. The first-order chi connectivity index (χ1) is 10.8. The van der Waals surface area contributed by atoms with Gasteiger partial charge in [-0.25, -0.2) is 9.97 Å². The van der Waals surface area contributed by atoms with Crippen LogP contribution >= 0.6 is 11.3 Å². The minimum absolute atomic E-state index is 0.159. The Morgan fingerprint density at radius 2 is 1.77 bits per heavy atom. The van der Waals surface area contributed by atoms with E-state index in [2.05, 4.69) is 15.0 Å². The smallest absolute Gasteiger partial charge is 0.274 e. The number of fused-ring (bicyclic) bond motifs is 2. The molecule has 6 heteroatoms. The lowest BCUT2D eigenvalue weighted by Crippen LogP contribution is -2.13. The highest BCUT2D eigenvalue weighted by atomic mass is 32.1. The maximum Gasteiger partial charge on any atom is 0.274 e. The molecule has 0 saturated carbocycles. The normalized spacial score (nSPS) is 11.1. The van der Waals surface area contributed by atoms with E-state index < -0.39 is 0 Å². The van der Waals surface area contributed by atoms with Crippen molar-refractivity contribution in [2.75, 3.05) is 0 Å². The number of thiazole rings is 1. The molecule has 0 spiro atoms. The summed E-state index contributed by atoms with van der Waals surface area (Å²) in [6, 6.07) is 15.1. The molecule has 0 aliphatic heterocycles. The van der Waals surface area contributed by atoms with Crippen LogP contribution in [-0.2, 0) is 6.61 Å². The van der Waals surface area contributed by atoms with Crippen molar-refractivity contribution in [1.29, 1.82) is 0 Å². The Kier molecular flexibility index (Phi) is 3.08. The predicted octanol–water partition coefficient (Wildman–Crippen LogP) is 3.11. The van der Waals surface area contributed by atoms with Crippen molar-refractivity contribution in [3.05, 3.63) is 64.7 Å². The Balaban J connectivity index is 1.62. The summed E-state index contributed by atoms with van der Waals surface area (Å²) in [4.78, 5) is 23.5. The van der Waals surface area contributed by atoms with Gasteiger partial charge in [0.2, 0.25) is 0 Å². The summed E-state index contributed by atoms with van der Waals surface area (Å²) in [5.74, 6) is 0.489. The molecule has 0 atom stereocenters. The first kappa shape index (κ1) is 13.0. The highest BCUT2D eigenvalue weighted by Gasteiger charge is 2.07. The molecular weight excluding hydrogens is 298 g/mol.